The summed E-state index contributed by atoms with van der Waals surface area (Å²) in [5.74, 6) is 1.78. The Hall–Kier alpha value is -1.22. The van der Waals surface area contributed by atoms with Crippen LogP contribution in [0.5, 0.6) is 11.5 Å². The second kappa shape index (κ2) is 4.81. The van der Waals surface area contributed by atoms with Crippen LogP contribution in [0, 0.1) is 5.41 Å². The summed E-state index contributed by atoms with van der Waals surface area (Å²) < 4.78 is 11.4. The highest BCUT2D eigenvalue weighted by molar-refractivity contribution is 5.43. The Balaban J connectivity index is 1.79. The third-order valence-electron chi connectivity index (χ3n) is 4.24. The lowest BCUT2D eigenvalue weighted by molar-refractivity contribution is 0.144. The van der Waals surface area contributed by atoms with Crippen LogP contribution >= 0.6 is 0 Å². The van der Waals surface area contributed by atoms with Crippen molar-refractivity contribution in [2.45, 2.75) is 32.1 Å². The van der Waals surface area contributed by atoms with Crippen molar-refractivity contribution in [1.29, 1.82) is 0 Å². The standard InChI is InChI=1S/C15H21NO2/c16-11-15(5-1-6-15)10-12-3-4-13-14(9-12)18-8-2-7-17-13/h3-4,9H,1-2,5-8,10-11,16H2. The summed E-state index contributed by atoms with van der Waals surface area (Å²) in [4.78, 5) is 0. The van der Waals surface area contributed by atoms with Crippen molar-refractivity contribution in [3.63, 3.8) is 0 Å². The number of ether oxygens (including phenoxy) is 2. The fraction of sp³-hybridized carbons (Fsp3) is 0.600. The van der Waals surface area contributed by atoms with Gasteiger partial charge >= 0.3 is 0 Å². The minimum absolute atomic E-state index is 0.347. The molecule has 98 valence electrons. The molecule has 3 rings (SSSR count). The molecule has 0 aromatic heterocycles. The number of rotatable bonds is 3. The molecule has 0 amide bonds. The summed E-state index contributed by atoms with van der Waals surface area (Å²) in [6, 6.07) is 6.33. The van der Waals surface area contributed by atoms with E-state index in [0.717, 1.165) is 44.1 Å². The van der Waals surface area contributed by atoms with Crippen molar-refractivity contribution in [2.24, 2.45) is 11.1 Å². The van der Waals surface area contributed by atoms with Crippen molar-refractivity contribution in [3.8, 4) is 11.5 Å². The second-order valence-electron chi connectivity index (χ2n) is 5.57. The average molecular weight is 247 g/mol. The van der Waals surface area contributed by atoms with Gasteiger partial charge < -0.3 is 15.2 Å². The normalized spacial score (nSPS) is 20.9. The molecule has 1 aromatic carbocycles. The fourth-order valence-corrected chi connectivity index (χ4v) is 2.88. The zero-order valence-corrected chi connectivity index (χ0v) is 10.8. The average Bonchev–Trinajstić information content (AvgIpc) is 2.58. The van der Waals surface area contributed by atoms with Gasteiger partial charge in [-0.25, -0.2) is 0 Å². The van der Waals surface area contributed by atoms with Crippen molar-refractivity contribution in [3.05, 3.63) is 23.8 Å². The Labute approximate surface area is 108 Å². The lowest BCUT2D eigenvalue weighted by atomic mass is 9.65. The van der Waals surface area contributed by atoms with Crippen LogP contribution in [0.4, 0.5) is 0 Å². The van der Waals surface area contributed by atoms with Gasteiger partial charge in [-0.15, -0.1) is 0 Å². The fourth-order valence-electron chi connectivity index (χ4n) is 2.88. The summed E-state index contributed by atoms with van der Waals surface area (Å²) in [7, 11) is 0. The Morgan fingerprint density at radius 2 is 1.83 bits per heavy atom. The van der Waals surface area contributed by atoms with E-state index in [4.69, 9.17) is 15.2 Å². The molecular formula is C15H21NO2. The molecule has 0 saturated heterocycles. The number of hydrogen-bond donors (Lipinski definition) is 1. The highest BCUT2D eigenvalue weighted by atomic mass is 16.5. The van der Waals surface area contributed by atoms with Gasteiger partial charge in [-0.1, -0.05) is 12.5 Å². The van der Waals surface area contributed by atoms with Crippen LogP contribution in [0.3, 0.4) is 0 Å². The van der Waals surface area contributed by atoms with E-state index < -0.39 is 0 Å². The van der Waals surface area contributed by atoms with Crippen LogP contribution in [-0.2, 0) is 6.42 Å². The van der Waals surface area contributed by atoms with E-state index >= 15 is 0 Å². The number of fused-ring (bicyclic) bond motifs is 1. The first-order chi connectivity index (χ1) is 8.81. The molecule has 1 aromatic rings. The number of hydrogen-bond acceptors (Lipinski definition) is 3. The predicted octanol–water partition coefficient (Wildman–Crippen LogP) is 2.52. The van der Waals surface area contributed by atoms with Crippen molar-refractivity contribution >= 4 is 0 Å². The molecule has 1 fully saturated rings. The van der Waals surface area contributed by atoms with E-state index in [-0.39, 0.29) is 0 Å². The topological polar surface area (TPSA) is 44.5 Å². The van der Waals surface area contributed by atoms with Crippen LogP contribution < -0.4 is 15.2 Å². The zero-order valence-electron chi connectivity index (χ0n) is 10.8. The monoisotopic (exact) mass is 247 g/mol. The van der Waals surface area contributed by atoms with E-state index in [1.165, 1.54) is 24.8 Å². The number of nitrogens with two attached hydrogens (primary N) is 1. The van der Waals surface area contributed by atoms with E-state index in [1.54, 1.807) is 0 Å². The minimum Gasteiger partial charge on any atom is -0.490 e. The molecule has 1 saturated carbocycles. The van der Waals surface area contributed by atoms with Crippen LogP contribution in [0.2, 0.25) is 0 Å². The first-order valence-corrected chi connectivity index (χ1v) is 6.90. The van der Waals surface area contributed by atoms with Crippen LogP contribution in [-0.4, -0.2) is 19.8 Å². The third kappa shape index (κ3) is 2.19. The zero-order chi connectivity index (χ0) is 12.4. The van der Waals surface area contributed by atoms with E-state index in [0.29, 0.717) is 5.41 Å². The molecule has 2 N–H and O–H groups in total. The van der Waals surface area contributed by atoms with Gasteiger partial charge in [0.25, 0.3) is 0 Å². The van der Waals surface area contributed by atoms with Gasteiger partial charge in [-0.05, 0) is 48.9 Å². The third-order valence-corrected chi connectivity index (χ3v) is 4.24. The molecule has 3 nitrogen and oxygen atoms in total. The molecule has 0 bridgehead atoms. The Kier molecular flexibility index (Phi) is 3.16. The first kappa shape index (κ1) is 11.8. The molecule has 18 heavy (non-hydrogen) atoms. The van der Waals surface area contributed by atoms with Crippen molar-refractivity contribution in [1.82, 2.24) is 0 Å². The van der Waals surface area contributed by atoms with E-state index in [9.17, 15) is 0 Å². The lowest BCUT2D eigenvalue weighted by Gasteiger charge is -2.41. The molecule has 1 aliphatic carbocycles. The molecule has 2 aliphatic rings. The largest absolute Gasteiger partial charge is 0.490 e. The second-order valence-corrected chi connectivity index (χ2v) is 5.57. The van der Waals surface area contributed by atoms with Gasteiger partial charge in [-0.3, -0.25) is 0 Å². The molecule has 1 aliphatic heterocycles. The van der Waals surface area contributed by atoms with Crippen molar-refractivity contribution < 1.29 is 9.47 Å². The highest BCUT2D eigenvalue weighted by Gasteiger charge is 2.35. The van der Waals surface area contributed by atoms with Crippen LogP contribution in [0.1, 0.15) is 31.2 Å². The van der Waals surface area contributed by atoms with Gasteiger partial charge in [0, 0.05) is 6.42 Å². The molecule has 3 heteroatoms. The molecule has 0 spiro atoms. The van der Waals surface area contributed by atoms with E-state index in [2.05, 4.69) is 12.1 Å². The minimum atomic E-state index is 0.347. The maximum absolute atomic E-state index is 5.92. The summed E-state index contributed by atoms with van der Waals surface area (Å²) in [5, 5.41) is 0. The maximum Gasteiger partial charge on any atom is 0.161 e. The summed E-state index contributed by atoms with van der Waals surface area (Å²) in [6.07, 6.45) is 5.87. The molecule has 0 unspecified atom stereocenters. The van der Waals surface area contributed by atoms with E-state index in [1.807, 2.05) is 6.07 Å². The smallest absolute Gasteiger partial charge is 0.161 e. The van der Waals surface area contributed by atoms with Crippen LogP contribution in [0.25, 0.3) is 0 Å². The lowest BCUT2D eigenvalue weighted by Crippen LogP contribution is -2.39. The van der Waals surface area contributed by atoms with Gasteiger partial charge in [0.15, 0.2) is 11.5 Å². The SMILES string of the molecule is NCC1(Cc2ccc3c(c2)OCCCO3)CCC1. The Morgan fingerprint density at radius 3 is 2.50 bits per heavy atom. The Bertz CT molecular complexity index is 421. The quantitative estimate of drug-likeness (QED) is 0.892. The summed E-state index contributed by atoms with van der Waals surface area (Å²) in [6.45, 7) is 2.29. The van der Waals surface area contributed by atoms with Crippen LogP contribution in [0.15, 0.2) is 18.2 Å². The molecule has 0 atom stereocenters. The first-order valence-electron chi connectivity index (χ1n) is 6.90. The Morgan fingerprint density at radius 1 is 1.06 bits per heavy atom. The predicted molar refractivity (Wildman–Crippen MR) is 71.1 cm³/mol. The number of benzene rings is 1. The molecule has 0 radical (unpaired) electrons. The molecular weight excluding hydrogens is 226 g/mol. The van der Waals surface area contributed by atoms with Gasteiger partial charge in [0.2, 0.25) is 0 Å². The van der Waals surface area contributed by atoms with Gasteiger partial charge in [-0.2, -0.15) is 0 Å². The summed E-state index contributed by atoms with van der Waals surface area (Å²) >= 11 is 0. The summed E-state index contributed by atoms with van der Waals surface area (Å²) in [5.41, 5.74) is 7.59. The van der Waals surface area contributed by atoms with Gasteiger partial charge in [0.05, 0.1) is 13.2 Å². The van der Waals surface area contributed by atoms with Crippen molar-refractivity contribution in [2.75, 3.05) is 19.8 Å². The van der Waals surface area contributed by atoms with Gasteiger partial charge in [0.1, 0.15) is 0 Å². The highest BCUT2D eigenvalue weighted by Crippen LogP contribution is 2.43. The molecule has 1 heterocycles. The maximum atomic E-state index is 5.92.